The minimum absolute atomic E-state index is 0.179. The minimum atomic E-state index is -0.889. The molecule has 0 spiro atoms. The quantitative estimate of drug-likeness (QED) is 0.154. The van der Waals surface area contributed by atoms with Gasteiger partial charge in [-0.05, 0) is 37.0 Å². The topological polar surface area (TPSA) is 57.5 Å². The number of hydrogen-bond acceptors (Lipinski definition) is 2. The Morgan fingerprint density at radius 1 is 0.706 bits per heavy atom. The molecule has 0 aliphatic carbocycles. The average molecular weight is 479 g/mol. The van der Waals surface area contributed by atoms with Gasteiger partial charge in [-0.2, -0.15) is 0 Å². The van der Waals surface area contributed by atoms with Gasteiger partial charge in [-0.15, -0.1) is 0 Å². The predicted octanol–water partition coefficient (Wildman–Crippen LogP) is 9.85. The summed E-state index contributed by atoms with van der Waals surface area (Å²) >= 11 is 0. The molecule has 0 aliphatic rings. The van der Waals surface area contributed by atoms with Gasteiger partial charge in [0.1, 0.15) is 5.75 Å². The molecule has 2 N–H and O–H groups in total. The van der Waals surface area contributed by atoms with Gasteiger partial charge in [-0.1, -0.05) is 142 Å². The van der Waals surface area contributed by atoms with E-state index in [2.05, 4.69) is 13.8 Å². The molecule has 0 aliphatic heterocycles. The zero-order chi connectivity index (χ0) is 26.7. The SMILES string of the molecule is [3H]C(CCCCCCCCCCCCC)CC([3H])CCC(CCCC)(Cc1ccc(O)cc1)C(=O)O. The second-order valence-electron chi connectivity index (χ2n) is 10.2. The molecule has 3 unspecified atom stereocenters. The summed E-state index contributed by atoms with van der Waals surface area (Å²) in [6, 6.07) is 6.80. The van der Waals surface area contributed by atoms with E-state index in [4.69, 9.17) is 2.74 Å². The summed E-state index contributed by atoms with van der Waals surface area (Å²) < 4.78 is 16.9. The fourth-order valence-corrected chi connectivity index (χ4v) is 4.80. The average Bonchev–Trinajstić information content (AvgIpc) is 2.85. The maximum Gasteiger partial charge on any atom is 0.309 e. The smallest absolute Gasteiger partial charge is 0.309 e. The van der Waals surface area contributed by atoms with E-state index in [1.54, 1.807) is 24.3 Å². The first-order chi connectivity index (χ1) is 17.3. The molecule has 196 valence electrons. The zero-order valence-electron chi connectivity index (χ0n) is 24.2. The van der Waals surface area contributed by atoms with Gasteiger partial charge >= 0.3 is 5.97 Å². The maximum absolute atomic E-state index is 12.4. The van der Waals surface area contributed by atoms with Crippen molar-refractivity contribution in [1.29, 1.82) is 0 Å². The Balaban J connectivity index is 2.36. The Labute approximate surface area is 213 Å². The fraction of sp³-hybridized carbons (Fsp3) is 0.774. The number of aliphatic carboxylic acids is 1. The molecule has 1 aromatic carbocycles. The lowest BCUT2D eigenvalue weighted by molar-refractivity contribution is -0.150. The van der Waals surface area contributed by atoms with Crippen molar-refractivity contribution >= 4 is 5.97 Å². The third-order valence-corrected chi connectivity index (χ3v) is 7.11. The molecule has 0 fully saturated rings. The molecule has 0 radical (unpaired) electrons. The van der Waals surface area contributed by atoms with E-state index in [0.717, 1.165) is 31.2 Å². The summed E-state index contributed by atoms with van der Waals surface area (Å²) in [6.07, 6.45) is 18.8. The molecule has 0 amide bonds. The fourth-order valence-electron chi connectivity index (χ4n) is 4.80. The Morgan fingerprint density at radius 2 is 1.18 bits per heavy atom. The number of carboxylic acids is 1. The van der Waals surface area contributed by atoms with Crippen LogP contribution in [0, 0.1) is 5.41 Å². The molecule has 0 heterocycles. The highest BCUT2D eigenvalue weighted by atomic mass is 16.4. The van der Waals surface area contributed by atoms with Gasteiger partial charge in [0, 0.05) is 2.74 Å². The molecular weight excluding hydrogens is 420 g/mol. The van der Waals surface area contributed by atoms with Crippen LogP contribution >= 0.6 is 0 Å². The summed E-state index contributed by atoms with van der Waals surface area (Å²) in [6.45, 7) is 4.32. The van der Waals surface area contributed by atoms with E-state index in [-0.39, 0.29) is 18.5 Å². The lowest BCUT2D eigenvalue weighted by Gasteiger charge is -2.30. The van der Waals surface area contributed by atoms with Crippen molar-refractivity contribution in [3.8, 4) is 5.75 Å². The van der Waals surface area contributed by atoms with Crippen LogP contribution in [0.15, 0.2) is 24.3 Å². The van der Waals surface area contributed by atoms with E-state index in [1.807, 2.05) is 0 Å². The zero-order valence-corrected chi connectivity index (χ0v) is 22.2. The van der Waals surface area contributed by atoms with Gasteiger partial charge in [-0.25, -0.2) is 0 Å². The lowest BCUT2D eigenvalue weighted by atomic mass is 9.73. The second kappa shape index (κ2) is 19.8. The van der Waals surface area contributed by atoms with Gasteiger partial charge in [0.25, 0.3) is 0 Å². The molecule has 0 bridgehead atoms. The largest absolute Gasteiger partial charge is 0.508 e. The van der Waals surface area contributed by atoms with E-state index in [9.17, 15) is 15.0 Å². The van der Waals surface area contributed by atoms with E-state index < -0.39 is 11.4 Å². The molecule has 3 nitrogen and oxygen atoms in total. The summed E-state index contributed by atoms with van der Waals surface area (Å²) in [5, 5.41) is 19.7. The number of hydrogen-bond donors (Lipinski definition) is 2. The summed E-state index contributed by atoms with van der Waals surface area (Å²) in [5.41, 5.74) is 0.0162. The van der Waals surface area contributed by atoms with Crippen molar-refractivity contribution in [2.24, 2.45) is 5.41 Å². The van der Waals surface area contributed by atoms with Crippen LogP contribution in [0.25, 0.3) is 0 Å². The molecule has 0 aromatic heterocycles. The Bertz CT molecular complexity index is 679. The highest BCUT2D eigenvalue weighted by molar-refractivity contribution is 5.75. The van der Waals surface area contributed by atoms with E-state index >= 15 is 0 Å². The van der Waals surface area contributed by atoms with Crippen LogP contribution < -0.4 is 0 Å². The number of unbranched alkanes of at least 4 members (excludes halogenated alkanes) is 11. The molecule has 1 rings (SSSR count). The van der Waals surface area contributed by atoms with E-state index in [0.29, 0.717) is 32.1 Å². The normalized spacial score (nSPS) is 15.8. The van der Waals surface area contributed by atoms with Crippen molar-refractivity contribution in [2.75, 3.05) is 0 Å². The van der Waals surface area contributed by atoms with Crippen LogP contribution in [0.3, 0.4) is 0 Å². The van der Waals surface area contributed by atoms with Crippen LogP contribution in [-0.4, -0.2) is 16.2 Å². The Hall–Kier alpha value is -1.51. The molecule has 34 heavy (non-hydrogen) atoms. The lowest BCUT2D eigenvalue weighted by Crippen LogP contribution is -2.33. The van der Waals surface area contributed by atoms with Crippen molar-refractivity contribution in [3.05, 3.63) is 29.8 Å². The molecule has 1 aromatic rings. The minimum Gasteiger partial charge on any atom is -0.508 e. The second-order valence-corrected chi connectivity index (χ2v) is 10.2. The van der Waals surface area contributed by atoms with Gasteiger partial charge < -0.3 is 10.2 Å². The van der Waals surface area contributed by atoms with Crippen LogP contribution in [-0.2, 0) is 11.2 Å². The number of carbonyl (C=O) groups is 1. The van der Waals surface area contributed by atoms with Crippen LogP contribution in [0.1, 0.15) is 151 Å². The van der Waals surface area contributed by atoms with Crippen LogP contribution in [0.4, 0.5) is 0 Å². The van der Waals surface area contributed by atoms with Gasteiger partial charge in [0.05, 0.1) is 5.41 Å². The first kappa shape index (κ1) is 27.1. The number of carboxylic acid groups (broad SMARTS) is 1. The molecule has 3 atom stereocenters. The highest BCUT2D eigenvalue weighted by Crippen LogP contribution is 2.36. The predicted molar refractivity (Wildman–Crippen MR) is 146 cm³/mol. The first-order valence-corrected chi connectivity index (χ1v) is 14.2. The maximum atomic E-state index is 12.4. The van der Waals surface area contributed by atoms with Crippen LogP contribution in [0.2, 0.25) is 0 Å². The van der Waals surface area contributed by atoms with E-state index in [1.165, 1.54) is 64.2 Å². The third kappa shape index (κ3) is 14.0. The summed E-state index contributed by atoms with van der Waals surface area (Å²) in [4.78, 5) is 12.4. The molecule has 0 saturated heterocycles. The van der Waals surface area contributed by atoms with Crippen LogP contribution in [0.5, 0.6) is 5.75 Å². The van der Waals surface area contributed by atoms with Crippen molar-refractivity contribution in [2.45, 2.75) is 149 Å². The van der Waals surface area contributed by atoms with Crippen molar-refractivity contribution in [1.82, 2.24) is 0 Å². The number of rotatable bonds is 23. The van der Waals surface area contributed by atoms with Gasteiger partial charge in [-0.3, -0.25) is 4.79 Å². The Kier molecular flexibility index (Phi) is 15.7. The Morgan fingerprint density at radius 3 is 1.71 bits per heavy atom. The van der Waals surface area contributed by atoms with Crippen molar-refractivity contribution < 1.29 is 17.7 Å². The number of phenols is 1. The van der Waals surface area contributed by atoms with Crippen molar-refractivity contribution in [3.63, 3.8) is 0 Å². The number of benzene rings is 1. The number of phenolic OH excluding ortho intramolecular Hbond substituents is 1. The molecule has 0 saturated carbocycles. The highest BCUT2D eigenvalue weighted by Gasteiger charge is 2.37. The van der Waals surface area contributed by atoms with Gasteiger partial charge in [0.2, 0.25) is 0 Å². The number of aromatic hydroxyl groups is 1. The summed E-state index contributed by atoms with van der Waals surface area (Å²) in [7, 11) is 0. The standard InChI is InChI=1S/C31H54O3/c1-3-5-7-8-9-10-11-12-13-14-15-16-17-18-19-20-26-31(30(33)34,25-6-4-2)27-28-21-23-29(32)24-22-28/h21-24,32H,3-20,25-27H2,1-2H3,(H,33,34)/i17T,19T. The molecular formula is C31H54O3. The molecule has 3 heteroatoms. The monoisotopic (exact) mass is 478 g/mol. The first-order valence-electron chi connectivity index (χ1n) is 15.3. The van der Waals surface area contributed by atoms with Gasteiger partial charge in [0.15, 0.2) is 0 Å². The summed E-state index contributed by atoms with van der Waals surface area (Å²) in [5.74, 6) is -0.613. The third-order valence-electron chi connectivity index (χ3n) is 7.11.